The number of rotatable bonds is 5. The monoisotopic (exact) mass is 264 g/mol. The van der Waals surface area contributed by atoms with Gasteiger partial charge in [-0.25, -0.2) is 0 Å². The summed E-state index contributed by atoms with van der Waals surface area (Å²) in [5, 5.41) is 0. The Labute approximate surface area is 115 Å². The van der Waals surface area contributed by atoms with Crippen molar-refractivity contribution in [3.8, 4) is 5.75 Å². The molecule has 1 aliphatic rings. The molecule has 0 amide bonds. The Morgan fingerprint density at radius 2 is 2.16 bits per heavy atom. The lowest BCUT2D eigenvalue weighted by atomic mass is 10.1. The Hall–Kier alpha value is -1.26. The molecule has 0 unspecified atom stereocenters. The predicted octanol–water partition coefficient (Wildman–Crippen LogP) is 2.15. The smallest absolute Gasteiger partial charge is 0.142 e. The number of nitrogen functional groups attached to an aromatic ring is 1. The van der Waals surface area contributed by atoms with Gasteiger partial charge >= 0.3 is 0 Å². The molecule has 4 heteroatoms. The molecule has 0 aliphatic carbocycles. The van der Waals surface area contributed by atoms with Crippen molar-refractivity contribution in [3.05, 3.63) is 24.3 Å². The van der Waals surface area contributed by atoms with Gasteiger partial charge in [0.15, 0.2) is 0 Å². The molecule has 1 aromatic carbocycles. The van der Waals surface area contributed by atoms with E-state index in [9.17, 15) is 0 Å². The number of hydrogen-bond acceptors (Lipinski definition) is 4. The molecule has 1 heterocycles. The molecule has 1 saturated heterocycles. The van der Waals surface area contributed by atoms with Crippen LogP contribution in [0, 0.1) is 0 Å². The van der Waals surface area contributed by atoms with E-state index in [1.807, 2.05) is 24.3 Å². The molecule has 2 rings (SSSR count). The van der Waals surface area contributed by atoms with Crippen molar-refractivity contribution in [3.63, 3.8) is 0 Å². The van der Waals surface area contributed by atoms with Crippen LogP contribution in [-0.2, 0) is 4.74 Å². The van der Waals surface area contributed by atoms with Crippen molar-refractivity contribution in [2.24, 2.45) is 0 Å². The van der Waals surface area contributed by atoms with Gasteiger partial charge in [0.25, 0.3) is 0 Å². The second kappa shape index (κ2) is 6.26. The predicted molar refractivity (Wildman–Crippen MR) is 77.4 cm³/mol. The summed E-state index contributed by atoms with van der Waals surface area (Å²) >= 11 is 0. The third-order valence-corrected chi connectivity index (χ3v) is 3.30. The number of ether oxygens (including phenoxy) is 2. The molecular weight excluding hydrogens is 240 g/mol. The minimum absolute atomic E-state index is 0.0248. The van der Waals surface area contributed by atoms with E-state index in [1.165, 1.54) is 0 Å². The van der Waals surface area contributed by atoms with E-state index in [-0.39, 0.29) is 5.60 Å². The highest BCUT2D eigenvalue weighted by molar-refractivity contribution is 5.51. The summed E-state index contributed by atoms with van der Waals surface area (Å²) in [5.74, 6) is 0.782. The lowest BCUT2D eigenvalue weighted by Crippen LogP contribution is -2.48. The molecule has 2 N–H and O–H groups in total. The minimum Gasteiger partial charge on any atom is -0.491 e. The molecule has 1 fully saturated rings. The maximum atomic E-state index is 5.83. The summed E-state index contributed by atoms with van der Waals surface area (Å²) in [6, 6.07) is 7.63. The van der Waals surface area contributed by atoms with E-state index in [0.29, 0.717) is 12.3 Å². The summed E-state index contributed by atoms with van der Waals surface area (Å²) in [7, 11) is 0. The van der Waals surface area contributed by atoms with Crippen molar-refractivity contribution >= 4 is 5.69 Å². The molecule has 1 aliphatic heterocycles. The molecule has 0 atom stereocenters. The van der Waals surface area contributed by atoms with E-state index >= 15 is 0 Å². The van der Waals surface area contributed by atoms with Crippen molar-refractivity contribution < 1.29 is 9.47 Å². The van der Waals surface area contributed by atoms with Crippen LogP contribution >= 0.6 is 0 Å². The van der Waals surface area contributed by atoms with Gasteiger partial charge in [-0.05, 0) is 32.4 Å². The van der Waals surface area contributed by atoms with E-state index in [4.69, 9.17) is 15.2 Å². The van der Waals surface area contributed by atoms with Crippen molar-refractivity contribution in [1.29, 1.82) is 0 Å². The Morgan fingerprint density at radius 1 is 1.37 bits per heavy atom. The third kappa shape index (κ3) is 4.40. The number of anilines is 1. The minimum atomic E-state index is -0.0248. The molecule has 0 bridgehead atoms. The van der Waals surface area contributed by atoms with Gasteiger partial charge in [-0.3, -0.25) is 4.90 Å². The number of para-hydroxylation sites is 2. The van der Waals surface area contributed by atoms with Gasteiger partial charge < -0.3 is 15.2 Å². The number of nitrogens with zero attached hydrogens (tertiary/aromatic N) is 1. The van der Waals surface area contributed by atoms with Crippen LogP contribution in [0.3, 0.4) is 0 Å². The summed E-state index contributed by atoms with van der Waals surface area (Å²) in [5.41, 5.74) is 6.51. The molecule has 0 saturated carbocycles. The Kier molecular flexibility index (Phi) is 4.66. The van der Waals surface area contributed by atoms with Crippen LogP contribution in [-0.4, -0.2) is 43.3 Å². The average molecular weight is 264 g/mol. The SMILES string of the molecule is CC1(C)CN(CCCOc2ccccc2N)CCO1. The van der Waals surface area contributed by atoms with E-state index in [0.717, 1.165) is 38.4 Å². The maximum absolute atomic E-state index is 5.83. The highest BCUT2D eigenvalue weighted by Gasteiger charge is 2.26. The van der Waals surface area contributed by atoms with E-state index in [1.54, 1.807) is 0 Å². The second-order valence-corrected chi connectivity index (χ2v) is 5.62. The molecule has 106 valence electrons. The van der Waals surface area contributed by atoms with Crippen LogP contribution < -0.4 is 10.5 Å². The summed E-state index contributed by atoms with van der Waals surface area (Å²) in [4.78, 5) is 2.43. The van der Waals surface area contributed by atoms with Crippen LogP contribution in [0.5, 0.6) is 5.75 Å². The van der Waals surface area contributed by atoms with Crippen molar-refractivity contribution in [1.82, 2.24) is 4.90 Å². The van der Waals surface area contributed by atoms with Crippen molar-refractivity contribution in [2.75, 3.05) is 38.6 Å². The summed E-state index contributed by atoms with van der Waals surface area (Å²) in [6.45, 7) is 8.84. The average Bonchev–Trinajstić information content (AvgIpc) is 2.35. The first-order chi connectivity index (χ1) is 9.07. The van der Waals surface area contributed by atoms with Gasteiger partial charge in [-0.15, -0.1) is 0 Å². The zero-order chi connectivity index (χ0) is 13.7. The Balaban J connectivity index is 1.68. The summed E-state index contributed by atoms with van der Waals surface area (Å²) in [6.07, 6.45) is 1.00. The number of hydrogen-bond donors (Lipinski definition) is 1. The van der Waals surface area contributed by atoms with Gasteiger partial charge in [0.2, 0.25) is 0 Å². The van der Waals surface area contributed by atoms with Crippen molar-refractivity contribution in [2.45, 2.75) is 25.9 Å². The van der Waals surface area contributed by atoms with Crippen LogP contribution in [0.1, 0.15) is 20.3 Å². The lowest BCUT2D eigenvalue weighted by Gasteiger charge is -2.38. The quantitative estimate of drug-likeness (QED) is 0.654. The lowest BCUT2D eigenvalue weighted by molar-refractivity contribution is -0.0864. The number of benzene rings is 1. The standard InChI is InChI=1S/C15H24N2O2/c1-15(2)12-17(9-11-19-15)8-5-10-18-14-7-4-3-6-13(14)16/h3-4,6-7H,5,8-12,16H2,1-2H3. The van der Waals surface area contributed by atoms with Crippen LogP contribution in [0.2, 0.25) is 0 Å². The highest BCUT2D eigenvalue weighted by Crippen LogP contribution is 2.20. The molecule has 1 aromatic rings. The third-order valence-electron chi connectivity index (χ3n) is 3.30. The fourth-order valence-electron chi connectivity index (χ4n) is 2.39. The fourth-order valence-corrected chi connectivity index (χ4v) is 2.39. The molecule has 0 spiro atoms. The Morgan fingerprint density at radius 3 is 2.89 bits per heavy atom. The van der Waals surface area contributed by atoms with E-state index in [2.05, 4.69) is 18.7 Å². The molecule has 19 heavy (non-hydrogen) atoms. The molecular formula is C15H24N2O2. The molecule has 0 aromatic heterocycles. The largest absolute Gasteiger partial charge is 0.491 e. The first-order valence-corrected chi connectivity index (χ1v) is 6.90. The molecule has 0 radical (unpaired) electrons. The topological polar surface area (TPSA) is 47.7 Å². The van der Waals surface area contributed by atoms with E-state index < -0.39 is 0 Å². The van der Waals surface area contributed by atoms with Crippen LogP contribution in [0.25, 0.3) is 0 Å². The fraction of sp³-hybridized carbons (Fsp3) is 0.600. The summed E-state index contributed by atoms with van der Waals surface area (Å²) < 4.78 is 11.4. The first kappa shape index (κ1) is 14.2. The number of morpholine rings is 1. The van der Waals surface area contributed by atoms with Gasteiger partial charge in [0.05, 0.1) is 24.5 Å². The van der Waals surface area contributed by atoms with Gasteiger partial charge in [0, 0.05) is 19.6 Å². The van der Waals surface area contributed by atoms with Crippen LogP contribution in [0.15, 0.2) is 24.3 Å². The second-order valence-electron chi connectivity index (χ2n) is 5.62. The zero-order valence-corrected chi connectivity index (χ0v) is 11.9. The van der Waals surface area contributed by atoms with Gasteiger partial charge in [-0.1, -0.05) is 12.1 Å². The highest BCUT2D eigenvalue weighted by atomic mass is 16.5. The van der Waals surface area contributed by atoms with Gasteiger partial charge in [-0.2, -0.15) is 0 Å². The maximum Gasteiger partial charge on any atom is 0.142 e. The Bertz CT molecular complexity index is 407. The first-order valence-electron chi connectivity index (χ1n) is 6.90. The number of nitrogens with two attached hydrogens (primary N) is 1. The normalized spacial score (nSPS) is 19.3. The van der Waals surface area contributed by atoms with Gasteiger partial charge in [0.1, 0.15) is 5.75 Å². The zero-order valence-electron chi connectivity index (χ0n) is 11.9. The van der Waals surface area contributed by atoms with Crippen LogP contribution in [0.4, 0.5) is 5.69 Å². The molecule has 4 nitrogen and oxygen atoms in total.